The third-order valence-corrected chi connectivity index (χ3v) is 6.14. The monoisotopic (exact) mass is 372 g/mol. The molecule has 0 N–H and O–H groups in total. The second-order valence-corrected chi connectivity index (χ2v) is 7.96. The fraction of sp³-hybridized carbons (Fsp3) is 0.103. The Morgan fingerprint density at radius 3 is 1.48 bits per heavy atom. The van der Waals surface area contributed by atoms with Crippen LogP contribution in [0, 0.1) is 20.8 Å². The summed E-state index contributed by atoms with van der Waals surface area (Å²) in [6, 6.07) is 33.3. The van der Waals surface area contributed by atoms with Gasteiger partial charge in [-0.25, -0.2) is 0 Å². The minimum Gasteiger partial charge on any atom is -0.0620 e. The van der Waals surface area contributed by atoms with E-state index in [1.807, 2.05) is 0 Å². The molecule has 0 bridgehead atoms. The molecule has 0 unspecified atom stereocenters. The van der Waals surface area contributed by atoms with E-state index in [1.54, 1.807) is 0 Å². The number of rotatable bonds is 2. The quantitative estimate of drug-likeness (QED) is 0.274. The van der Waals surface area contributed by atoms with Crippen LogP contribution in [0.2, 0.25) is 0 Å². The molecule has 0 saturated carbocycles. The van der Waals surface area contributed by atoms with Crippen molar-refractivity contribution in [1.82, 2.24) is 0 Å². The SMILES string of the molecule is Cc1ccc(-c2c3ccccc3c(-c3ccccc3C)c3ccccc23)cc1C. The molecule has 0 radical (unpaired) electrons. The molecule has 0 heterocycles. The Balaban J connectivity index is 2.00. The van der Waals surface area contributed by atoms with Crippen molar-refractivity contribution in [3.63, 3.8) is 0 Å². The van der Waals surface area contributed by atoms with Gasteiger partial charge in [0, 0.05) is 0 Å². The van der Waals surface area contributed by atoms with Gasteiger partial charge in [-0.3, -0.25) is 0 Å². The van der Waals surface area contributed by atoms with E-state index in [1.165, 1.54) is 60.5 Å². The second kappa shape index (κ2) is 6.90. The van der Waals surface area contributed by atoms with Gasteiger partial charge in [0.1, 0.15) is 0 Å². The summed E-state index contributed by atoms with van der Waals surface area (Å²) in [7, 11) is 0. The van der Waals surface area contributed by atoms with Crippen LogP contribution in [0.3, 0.4) is 0 Å². The first-order chi connectivity index (χ1) is 14.1. The molecule has 0 heteroatoms. The van der Waals surface area contributed by atoms with Gasteiger partial charge in [0.2, 0.25) is 0 Å². The number of fused-ring (bicyclic) bond motifs is 2. The molecule has 5 aromatic carbocycles. The maximum Gasteiger partial charge on any atom is -0.00237 e. The summed E-state index contributed by atoms with van der Waals surface area (Å²) in [5.41, 5.74) is 9.24. The molecule has 0 aliphatic carbocycles. The van der Waals surface area contributed by atoms with Gasteiger partial charge in [-0.15, -0.1) is 0 Å². The molecular formula is C29H24. The van der Waals surface area contributed by atoms with Gasteiger partial charge in [0.05, 0.1) is 0 Å². The van der Waals surface area contributed by atoms with Crippen LogP contribution >= 0.6 is 0 Å². The molecule has 5 aromatic rings. The maximum absolute atomic E-state index is 2.33. The molecule has 0 aliphatic heterocycles. The molecule has 0 nitrogen and oxygen atoms in total. The molecule has 0 aliphatic rings. The molecule has 0 amide bonds. The summed E-state index contributed by atoms with van der Waals surface area (Å²) in [6.45, 7) is 6.58. The third kappa shape index (κ3) is 2.84. The van der Waals surface area contributed by atoms with E-state index in [4.69, 9.17) is 0 Å². The fourth-order valence-electron chi connectivity index (χ4n) is 4.48. The lowest BCUT2D eigenvalue weighted by Crippen LogP contribution is -1.92. The highest BCUT2D eigenvalue weighted by atomic mass is 14.2. The predicted octanol–water partition coefficient (Wildman–Crippen LogP) is 8.25. The largest absolute Gasteiger partial charge is 0.0620 e. The van der Waals surface area contributed by atoms with Crippen molar-refractivity contribution < 1.29 is 0 Å². The van der Waals surface area contributed by atoms with Crippen LogP contribution in [0.25, 0.3) is 43.8 Å². The summed E-state index contributed by atoms with van der Waals surface area (Å²) >= 11 is 0. The third-order valence-electron chi connectivity index (χ3n) is 6.14. The molecule has 5 rings (SSSR count). The highest BCUT2D eigenvalue weighted by molar-refractivity contribution is 6.21. The first kappa shape index (κ1) is 17.7. The highest BCUT2D eigenvalue weighted by Gasteiger charge is 2.17. The Bertz CT molecular complexity index is 1320. The van der Waals surface area contributed by atoms with Crippen molar-refractivity contribution in [3.05, 3.63) is 108 Å². The van der Waals surface area contributed by atoms with Gasteiger partial charge >= 0.3 is 0 Å². The Hall–Kier alpha value is -3.38. The molecule has 0 saturated heterocycles. The van der Waals surface area contributed by atoms with Crippen LogP contribution in [0.4, 0.5) is 0 Å². The molecule has 0 atom stereocenters. The Kier molecular flexibility index (Phi) is 4.21. The summed E-state index contributed by atoms with van der Waals surface area (Å²) in [6.07, 6.45) is 0. The van der Waals surface area contributed by atoms with Gasteiger partial charge in [-0.2, -0.15) is 0 Å². The molecule has 140 valence electrons. The highest BCUT2D eigenvalue weighted by Crippen LogP contribution is 2.44. The zero-order valence-electron chi connectivity index (χ0n) is 17.2. The van der Waals surface area contributed by atoms with E-state index in [0.29, 0.717) is 0 Å². The van der Waals surface area contributed by atoms with Crippen LogP contribution in [0.15, 0.2) is 91.0 Å². The zero-order valence-corrected chi connectivity index (χ0v) is 17.2. The summed E-state index contributed by atoms with van der Waals surface area (Å²) < 4.78 is 0. The van der Waals surface area contributed by atoms with Gasteiger partial charge in [-0.05, 0) is 81.3 Å². The summed E-state index contributed by atoms with van der Waals surface area (Å²) in [5, 5.41) is 5.25. The fourth-order valence-corrected chi connectivity index (χ4v) is 4.48. The number of aryl methyl sites for hydroxylation is 3. The Morgan fingerprint density at radius 2 is 0.931 bits per heavy atom. The van der Waals surface area contributed by atoms with Gasteiger partial charge in [0.25, 0.3) is 0 Å². The van der Waals surface area contributed by atoms with Crippen molar-refractivity contribution in [3.8, 4) is 22.3 Å². The second-order valence-electron chi connectivity index (χ2n) is 7.96. The van der Waals surface area contributed by atoms with Gasteiger partial charge < -0.3 is 0 Å². The average Bonchev–Trinajstić information content (AvgIpc) is 2.75. The van der Waals surface area contributed by atoms with E-state index < -0.39 is 0 Å². The van der Waals surface area contributed by atoms with Crippen molar-refractivity contribution in [1.29, 1.82) is 0 Å². The number of hydrogen-bond donors (Lipinski definition) is 0. The topological polar surface area (TPSA) is 0 Å². The Labute approximate surface area is 172 Å². The Morgan fingerprint density at radius 1 is 0.414 bits per heavy atom. The molecule has 0 aromatic heterocycles. The lowest BCUT2D eigenvalue weighted by molar-refractivity contribution is 1.34. The lowest BCUT2D eigenvalue weighted by atomic mass is 9.84. The van der Waals surface area contributed by atoms with Crippen molar-refractivity contribution in [2.24, 2.45) is 0 Å². The lowest BCUT2D eigenvalue weighted by Gasteiger charge is -2.19. The molecule has 29 heavy (non-hydrogen) atoms. The predicted molar refractivity (Wildman–Crippen MR) is 127 cm³/mol. The summed E-state index contributed by atoms with van der Waals surface area (Å²) in [4.78, 5) is 0. The minimum absolute atomic E-state index is 1.29. The van der Waals surface area contributed by atoms with E-state index in [9.17, 15) is 0 Å². The first-order valence-electron chi connectivity index (χ1n) is 10.2. The average molecular weight is 373 g/mol. The van der Waals surface area contributed by atoms with E-state index in [-0.39, 0.29) is 0 Å². The summed E-state index contributed by atoms with van der Waals surface area (Å²) in [5.74, 6) is 0. The molecule has 0 fully saturated rings. The van der Waals surface area contributed by atoms with Gasteiger partial charge in [0.15, 0.2) is 0 Å². The van der Waals surface area contributed by atoms with Crippen LogP contribution < -0.4 is 0 Å². The van der Waals surface area contributed by atoms with Crippen molar-refractivity contribution in [2.45, 2.75) is 20.8 Å². The van der Waals surface area contributed by atoms with Crippen LogP contribution in [0.1, 0.15) is 16.7 Å². The van der Waals surface area contributed by atoms with Crippen LogP contribution in [-0.2, 0) is 0 Å². The van der Waals surface area contributed by atoms with Crippen molar-refractivity contribution in [2.75, 3.05) is 0 Å². The number of hydrogen-bond acceptors (Lipinski definition) is 0. The van der Waals surface area contributed by atoms with Crippen LogP contribution in [-0.4, -0.2) is 0 Å². The van der Waals surface area contributed by atoms with E-state index in [0.717, 1.165) is 0 Å². The molecular weight excluding hydrogens is 348 g/mol. The van der Waals surface area contributed by atoms with E-state index >= 15 is 0 Å². The smallest absolute Gasteiger partial charge is 0.00237 e. The number of benzene rings is 5. The maximum atomic E-state index is 2.33. The van der Waals surface area contributed by atoms with E-state index in [2.05, 4.69) is 112 Å². The van der Waals surface area contributed by atoms with Crippen molar-refractivity contribution >= 4 is 21.5 Å². The standard InChI is InChI=1S/C29H24/c1-19-16-17-22(18-21(19)3)28-24-12-6-8-14-26(24)29(23-11-5-4-10-20(23)2)27-15-9-7-13-25(27)28/h4-18H,1-3H3. The first-order valence-corrected chi connectivity index (χ1v) is 10.2. The molecule has 0 spiro atoms. The van der Waals surface area contributed by atoms with Gasteiger partial charge in [-0.1, -0.05) is 91.0 Å². The van der Waals surface area contributed by atoms with Crippen LogP contribution in [0.5, 0.6) is 0 Å². The normalized spacial score (nSPS) is 11.3. The zero-order chi connectivity index (χ0) is 20.0. The minimum atomic E-state index is 1.29.